The lowest BCUT2D eigenvalue weighted by Gasteiger charge is -2.19. The maximum absolute atomic E-state index is 12.3. The van der Waals surface area contributed by atoms with Gasteiger partial charge in [-0.2, -0.15) is 0 Å². The number of halogens is 1. The number of nitrogens with zero attached hydrogens (tertiary/aromatic N) is 1. The molecule has 1 heterocycles. The Labute approximate surface area is 175 Å². The van der Waals surface area contributed by atoms with Crippen LogP contribution in [0.5, 0.6) is 0 Å². The Bertz CT molecular complexity index is 777. The van der Waals surface area contributed by atoms with Gasteiger partial charge < -0.3 is 4.74 Å². The first-order valence-electron chi connectivity index (χ1n) is 9.29. The molecular weight excluding hydrogens is 398 g/mol. The second kappa shape index (κ2) is 11.8. The SMILES string of the molecule is COC(=O)c1ccc(CCCN(OC)C(=O)CCCCc2cccc(Cl)c2)s1. The Balaban J connectivity index is 1.68. The Kier molecular flexibility index (Phi) is 9.47. The summed E-state index contributed by atoms with van der Waals surface area (Å²) in [5, 5.41) is 2.16. The summed E-state index contributed by atoms with van der Waals surface area (Å²) in [5.74, 6) is -0.322. The van der Waals surface area contributed by atoms with E-state index < -0.39 is 0 Å². The summed E-state index contributed by atoms with van der Waals surface area (Å²) in [6.07, 6.45) is 4.64. The van der Waals surface area contributed by atoms with Gasteiger partial charge in [0.25, 0.3) is 0 Å². The Morgan fingerprint density at radius 1 is 1.07 bits per heavy atom. The number of hydroxylamine groups is 2. The van der Waals surface area contributed by atoms with Gasteiger partial charge in [-0.15, -0.1) is 11.3 Å². The number of thiophene rings is 1. The molecule has 28 heavy (non-hydrogen) atoms. The standard InChI is InChI=1S/C21H26ClNO4S/c1-26-21(25)19-13-12-18(28-19)10-6-14-23(27-2)20(24)11-4-3-7-16-8-5-9-17(22)15-16/h5,8-9,12-13,15H,3-4,6-7,10-11,14H2,1-2H3. The van der Waals surface area contributed by atoms with Crippen LogP contribution in [0.3, 0.4) is 0 Å². The lowest BCUT2D eigenvalue weighted by molar-refractivity contribution is -0.176. The van der Waals surface area contributed by atoms with Crippen LogP contribution < -0.4 is 0 Å². The van der Waals surface area contributed by atoms with E-state index in [2.05, 4.69) is 0 Å². The molecule has 0 aliphatic carbocycles. The fraction of sp³-hybridized carbons (Fsp3) is 0.429. The average molecular weight is 424 g/mol. The van der Waals surface area contributed by atoms with Crippen molar-refractivity contribution in [1.29, 1.82) is 0 Å². The van der Waals surface area contributed by atoms with Gasteiger partial charge in [0.1, 0.15) is 4.88 Å². The van der Waals surface area contributed by atoms with Crippen molar-refractivity contribution < 1.29 is 19.2 Å². The molecule has 0 aliphatic rings. The van der Waals surface area contributed by atoms with Gasteiger partial charge in [-0.3, -0.25) is 9.63 Å². The summed E-state index contributed by atoms with van der Waals surface area (Å²) < 4.78 is 4.71. The molecule has 0 N–H and O–H groups in total. The molecule has 7 heteroatoms. The van der Waals surface area contributed by atoms with Gasteiger partial charge in [-0.25, -0.2) is 9.86 Å². The number of rotatable bonds is 11. The molecule has 0 saturated carbocycles. The minimum Gasteiger partial charge on any atom is -0.465 e. The lowest BCUT2D eigenvalue weighted by Crippen LogP contribution is -2.31. The molecular formula is C21H26ClNO4S. The fourth-order valence-electron chi connectivity index (χ4n) is 2.86. The van der Waals surface area contributed by atoms with E-state index in [4.69, 9.17) is 21.2 Å². The van der Waals surface area contributed by atoms with Crippen LogP contribution in [-0.2, 0) is 27.2 Å². The van der Waals surface area contributed by atoms with Crippen molar-refractivity contribution in [2.45, 2.75) is 38.5 Å². The van der Waals surface area contributed by atoms with Gasteiger partial charge in [-0.1, -0.05) is 23.7 Å². The summed E-state index contributed by atoms with van der Waals surface area (Å²) >= 11 is 7.41. The van der Waals surface area contributed by atoms with E-state index in [1.54, 1.807) is 6.07 Å². The molecule has 0 spiro atoms. The van der Waals surface area contributed by atoms with Crippen LogP contribution in [0.4, 0.5) is 0 Å². The van der Waals surface area contributed by atoms with Crippen LogP contribution in [0.2, 0.25) is 5.02 Å². The third kappa shape index (κ3) is 7.26. The first kappa shape index (κ1) is 22.4. The second-order valence-electron chi connectivity index (χ2n) is 6.38. The first-order chi connectivity index (χ1) is 13.5. The van der Waals surface area contributed by atoms with Crippen LogP contribution in [0.1, 0.15) is 45.8 Å². The van der Waals surface area contributed by atoms with Crippen molar-refractivity contribution in [2.24, 2.45) is 0 Å². The number of ether oxygens (including phenoxy) is 1. The number of esters is 1. The Morgan fingerprint density at radius 3 is 2.61 bits per heavy atom. The van der Waals surface area contributed by atoms with Gasteiger partial charge in [0, 0.05) is 22.9 Å². The van der Waals surface area contributed by atoms with E-state index in [0.29, 0.717) is 17.8 Å². The van der Waals surface area contributed by atoms with Crippen molar-refractivity contribution in [3.63, 3.8) is 0 Å². The van der Waals surface area contributed by atoms with Gasteiger partial charge in [0.05, 0.1) is 14.2 Å². The van der Waals surface area contributed by atoms with Crippen LogP contribution in [0.25, 0.3) is 0 Å². The molecule has 2 aromatic rings. The molecule has 1 amide bonds. The second-order valence-corrected chi connectivity index (χ2v) is 7.98. The average Bonchev–Trinajstić information content (AvgIpc) is 3.17. The van der Waals surface area contributed by atoms with Crippen molar-refractivity contribution >= 4 is 34.8 Å². The zero-order chi connectivity index (χ0) is 20.4. The van der Waals surface area contributed by atoms with Gasteiger partial charge >= 0.3 is 5.97 Å². The molecule has 0 aliphatic heterocycles. The smallest absolute Gasteiger partial charge is 0.348 e. The van der Waals surface area contributed by atoms with E-state index in [9.17, 15) is 9.59 Å². The summed E-state index contributed by atoms with van der Waals surface area (Å²) in [4.78, 5) is 30.7. The maximum Gasteiger partial charge on any atom is 0.348 e. The summed E-state index contributed by atoms with van der Waals surface area (Å²) in [7, 11) is 2.89. The number of amides is 1. The fourth-order valence-corrected chi connectivity index (χ4v) is 4.04. The Morgan fingerprint density at radius 2 is 1.89 bits per heavy atom. The summed E-state index contributed by atoms with van der Waals surface area (Å²) in [6.45, 7) is 0.523. The Hall–Kier alpha value is -1.89. The van der Waals surface area contributed by atoms with E-state index in [1.165, 1.54) is 36.2 Å². The van der Waals surface area contributed by atoms with Crippen LogP contribution in [0, 0.1) is 0 Å². The first-order valence-corrected chi connectivity index (χ1v) is 10.5. The van der Waals surface area contributed by atoms with Gasteiger partial charge in [0.2, 0.25) is 5.91 Å². The number of aryl methyl sites for hydroxylation is 2. The normalized spacial score (nSPS) is 10.7. The largest absolute Gasteiger partial charge is 0.465 e. The highest BCUT2D eigenvalue weighted by Gasteiger charge is 2.14. The number of unbranched alkanes of at least 4 members (excludes halogenated alkanes) is 1. The molecule has 1 aromatic heterocycles. The minimum atomic E-state index is -0.317. The molecule has 2 rings (SSSR count). The molecule has 0 saturated heterocycles. The highest BCUT2D eigenvalue weighted by molar-refractivity contribution is 7.13. The highest BCUT2D eigenvalue weighted by atomic mass is 35.5. The number of benzene rings is 1. The summed E-state index contributed by atoms with van der Waals surface area (Å²) in [5.41, 5.74) is 1.19. The van der Waals surface area contributed by atoms with Crippen molar-refractivity contribution in [2.75, 3.05) is 20.8 Å². The molecule has 0 unspecified atom stereocenters. The third-order valence-corrected chi connectivity index (χ3v) is 5.69. The monoisotopic (exact) mass is 423 g/mol. The number of methoxy groups -OCH3 is 1. The topological polar surface area (TPSA) is 55.8 Å². The third-order valence-electron chi connectivity index (χ3n) is 4.33. The van der Waals surface area contributed by atoms with Crippen LogP contribution in [0.15, 0.2) is 36.4 Å². The molecule has 0 bridgehead atoms. The maximum atomic E-state index is 12.3. The van der Waals surface area contributed by atoms with Gasteiger partial charge in [-0.05, 0) is 61.9 Å². The number of hydrogen-bond acceptors (Lipinski definition) is 5. The number of hydrogen-bond donors (Lipinski definition) is 0. The van der Waals surface area contributed by atoms with E-state index in [-0.39, 0.29) is 11.9 Å². The molecule has 5 nitrogen and oxygen atoms in total. The van der Waals surface area contributed by atoms with Crippen molar-refractivity contribution in [3.8, 4) is 0 Å². The lowest BCUT2D eigenvalue weighted by atomic mass is 10.1. The van der Waals surface area contributed by atoms with Crippen LogP contribution in [-0.4, -0.2) is 37.7 Å². The van der Waals surface area contributed by atoms with E-state index in [1.807, 2.05) is 30.3 Å². The predicted molar refractivity (Wildman–Crippen MR) is 112 cm³/mol. The van der Waals surface area contributed by atoms with Gasteiger partial charge in [0.15, 0.2) is 0 Å². The summed E-state index contributed by atoms with van der Waals surface area (Å²) in [6, 6.07) is 11.5. The highest BCUT2D eigenvalue weighted by Crippen LogP contribution is 2.19. The zero-order valence-corrected chi connectivity index (χ0v) is 17.9. The molecule has 0 fully saturated rings. The van der Waals surface area contributed by atoms with E-state index >= 15 is 0 Å². The molecule has 0 atom stereocenters. The number of carbonyl (C=O) groups is 2. The van der Waals surface area contributed by atoms with Crippen molar-refractivity contribution in [3.05, 3.63) is 56.7 Å². The molecule has 1 aromatic carbocycles. The molecule has 0 radical (unpaired) electrons. The number of carbonyl (C=O) groups excluding carboxylic acids is 2. The molecule has 152 valence electrons. The zero-order valence-electron chi connectivity index (χ0n) is 16.3. The minimum absolute atomic E-state index is 0.00461. The van der Waals surface area contributed by atoms with Crippen molar-refractivity contribution in [1.82, 2.24) is 5.06 Å². The van der Waals surface area contributed by atoms with E-state index in [0.717, 1.165) is 42.0 Å². The predicted octanol–water partition coefficient (Wildman–Crippen LogP) is 4.92. The quantitative estimate of drug-likeness (QED) is 0.292. The van der Waals surface area contributed by atoms with Crippen LogP contribution >= 0.6 is 22.9 Å².